The molecule has 10 nitrogen and oxygen atoms in total. The first-order valence-corrected chi connectivity index (χ1v) is 9.92. The molecule has 32 heavy (non-hydrogen) atoms. The summed E-state index contributed by atoms with van der Waals surface area (Å²) >= 11 is 0. The number of rotatable bonds is 7. The van der Waals surface area contributed by atoms with Crippen molar-refractivity contribution in [3.05, 3.63) is 98.2 Å². The molecule has 2 aromatic carbocycles. The van der Waals surface area contributed by atoms with Crippen LogP contribution < -0.4 is 10.9 Å². The molecule has 0 atom stereocenters. The highest BCUT2D eigenvalue weighted by atomic mass is 16.6. The Morgan fingerprint density at radius 1 is 1.19 bits per heavy atom. The lowest BCUT2D eigenvalue weighted by Crippen LogP contribution is -2.28. The van der Waals surface area contributed by atoms with E-state index in [0.717, 1.165) is 5.56 Å². The van der Waals surface area contributed by atoms with Gasteiger partial charge < -0.3 is 5.32 Å². The number of nitro benzene ring substituents is 1. The minimum Gasteiger partial charge on any atom is -0.350 e. The lowest BCUT2D eigenvalue weighted by atomic mass is 10.1. The Labute approximate surface area is 182 Å². The van der Waals surface area contributed by atoms with Crippen LogP contribution in [-0.4, -0.2) is 36.7 Å². The van der Waals surface area contributed by atoms with E-state index in [1.165, 1.54) is 29.2 Å². The second-order valence-corrected chi connectivity index (χ2v) is 7.28. The fraction of sp³-hybridized carbons (Fsp3) is 0.182. The molecule has 0 saturated heterocycles. The standard InChI is InChI=1S/C22H20N6O4/c1-15-7-8-17(11-19(15)28(31)32)21(29)23-9-10-27-20-18(12-25-27)22(30)26(14-24-20)13-16-5-3-2-4-6-16/h2-8,11-12,14H,9-10,13H2,1H3,(H,23,29). The zero-order valence-corrected chi connectivity index (χ0v) is 17.3. The maximum Gasteiger partial charge on any atom is 0.273 e. The van der Waals surface area contributed by atoms with Crippen molar-refractivity contribution in [2.75, 3.05) is 6.54 Å². The molecule has 2 heterocycles. The fourth-order valence-electron chi connectivity index (χ4n) is 3.38. The highest BCUT2D eigenvalue weighted by Gasteiger charge is 2.15. The van der Waals surface area contributed by atoms with Crippen LogP contribution in [-0.2, 0) is 13.1 Å². The van der Waals surface area contributed by atoms with E-state index in [1.54, 1.807) is 17.7 Å². The average molecular weight is 432 g/mol. The van der Waals surface area contributed by atoms with E-state index >= 15 is 0 Å². The summed E-state index contributed by atoms with van der Waals surface area (Å²) in [5, 5.41) is 18.4. The summed E-state index contributed by atoms with van der Waals surface area (Å²) < 4.78 is 3.07. The van der Waals surface area contributed by atoms with Crippen LogP contribution in [0.1, 0.15) is 21.5 Å². The van der Waals surface area contributed by atoms with Crippen LogP contribution in [0.25, 0.3) is 11.0 Å². The molecule has 10 heteroatoms. The highest BCUT2D eigenvalue weighted by molar-refractivity contribution is 5.95. The van der Waals surface area contributed by atoms with Gasteiger partial charge in [0.2, 0.25) is 0 Å². The SMILES string of the molecule is Cc1ccc(C(=O)NCCn2ncc3c(=O)n(Cc4ccccc4)cnc32)cc1[N+](=O)[O-]. The van der Waals surface area contributed by atoms with E-state index in [2.05, 4.69) is 15.4 Å². The van der Waals surface area contributed by atoms with E-state index in [-0.39, 0.29) is 23.4 Å². The first-order valence-electron chi connectivity index (χ1n) is 9.92. The van der Waals surface area contributed by atoms with Gasteiger partial charge in [-0.25, -0.2) is 9.67 Å². The molecule has 0 aliphatic rings. The topological polar surface area (TPSA) is 125 Å². The van der Waals surface area contributed by atoms with Crippen molar-refractivity contribution in [2.24, 2.45) is 0 Å². The smallest absolute Gasteiger partial charge is 0.273 e. The summed E-state index contributed by atoms with van der Waals surface area (Å²) in [5.74, 6) is -0.428. The van der Waals surface area contributed by atoms with Crippen LogP contribution in [0.5, 0.6) is 0 Å². The lowest BCUT2D eigenvalue weighted by molar-refractivity contribution is -0.385. The number of nitrogens with zero attached hydrogens (tertiary/aromatic N) is 5. The molecule has 0 aliphatic carbocycles. The second kappa shape index (κ2) is 8.80. The number of fused-ring (bicyclic) bond motifs is 1. The van der Waals surface area contributed by atoms with Crippen LogP contribution >= 0.6 is 0 Å². The third-order valence-electron chi connectivity index (χ3n) is 5.10. The molecule has 4 aromatic rings. The number of benzene rings is 2. The third kappa shape index (κ3) is 4.24. The van der Waals surface area contributed by atoms with Crippen molar-refractivity contribution in [3.8, 4) is 0 Å². The second-order valence-electron chi connectivity index (χ2n) is 7.28. The van der Waals surface area contributed by atoms with E-state index in [9.17, 15) is 19.7 Å². The molecule has 2 aromatic heterocycles. The number of hydrogen-bond acceptors (Lipinski definition) is 6. The van der Waals surface area contributed by atoms with E-state index < -0.39 is 10.8 Å². The van der Waals surface area contributed by atoms with Gasteiger partial charge in [-0.3, -0.25) is 24.3 Å². The Hall–Kier alpha value is -4.34. The molecule has 1 N–H and O–H groups in total. The van der Waals surface area contributed by atoms with Gasteiger partial charge in [-0.15, -0.1) is 0 Å². The van der Waals surface area contributed by atoms with Gasteiger partial charge in [0.15, 0.2) is 5.65 Å². The number of nitro groups is 1. The summed E-state index contributed by atoms with van der Waals surface area (Å²) in [6.07, 6.45) is 2.96. The van der Waals surface area contributed by atoms with Gasteiger partial charge >= 0.3 is 0 Å². The Kier molecular flexibility index (Phi) is 5.75. The number of amides is 1. The van der Waals surface area contributed by atoms with E-state index in [1.807, 2.05) is 30.3 Å². The quantitative estimate of drug-likeness (QED) is 0.353. The van der Waals surface area contributed by atoms with E-state index in [0.29, 0.717) is 29.7 Å². The maximum atomic E-state index is 12.8. The largest absolute Gasteiger partial charge is 0.350 e. The van der Waals surface area contributed by atoms with Gasteiger partial charge in [0.25, 0.3) is 17.2 Å². The number of nitrogens with one attached hydrogen (secondary N) is 1. The minimum atomic E-state index is -0.516. The Balaban J connectivity index is 1.44. The van der Waals surface area contributed by atoms with E-state index in [4.69, 9.17) is 0 Å². The predicted molar refractivity (Wildman–Crippen MR) is 117 cm³/mol. The predicted octanol–water partition coefficient (Wildman–Crippen LogP) is 2.29. The molecular formula is C22H20N6O4. The molecule has 0 aliphatic heterocycles. The van der Waals surface area contributed by atoms with Gasteiger partial charge in [-0.05, 0) is 18.6 Å². The molecule has 0 fully saturated rings. The summed E-state index contributed by atoms with van der Waals surface area (Å²) in [6.45, 7) is 2.53. The summed E-state index contributed by atoms with van der Waals surface area (Å²) in [7, 11) is 0. The Bertz CT molecular complexity index is 1360. The lowest BCUT2D eigenvalue weighted by Gasteiger charge is -2.08. The maximum absolute atomic E-state index is 12.8. The summed E-state index contributed by atoms with van der Waals surface area (Å²) in [4.78, 5) is 40.1. The molecule has 0 saturated carbocycles. The third-order valence-corrected chi connectivity index (χ3v) is 5.10. The molecule has 162 valence electrons. The molecule has 0 bridgehead atoms. The number of aryl methyl sites for hydroxylation is 1. The van der Waals surface area contributed by atoms with Crippen LogP contribution in [0.4, 0.5) is 5.69 Å². The molecule has 1 amide bonds. The highest BCUT2D eigenvalue weighted by Crippen LogP contribution is 2.19. The number of carbonyl (C=O) groups is 1. The van der Waals surface area contributed by atoms with Gasteiger partial charge in [-0.2, -0.15) is 5.10 Å². The number of carbonyl (C=O) groups excluding carboxylic acids is 1. The van der Waals surface area contributed by atoms with Gasteiger partial charge in [0, 0.05) is 23.7 Å². The molecule has 4 rings (SSSR count). The van der Waals surface area contributed by atoms with Gasteiger partial charge in [-0.1, -0.05) is 36.4 Å². The van der Waals surface area contributed by atoms with Crippen LogP contribution in [0.15, 0.2) is 65.8 Å². The van der Waals surface area contributed by atoms with Crippen LogP contribution in [0, 0.1) is 17.0 Å². The number of hydrogen-bond donors (Lipinski definition) is 1. The van der Waals surface area contributed by atoms with Crippen LogP contribution in [0.2, 0.25) is 0 Å². The molecule has 0 unspecified atom stereocenters. The van der Waals surface area contributed by atoms with Crippen LogP contribution in [0.3, 0.4) is 0 Å². The molecule has 0 spiro atoms. The van der Waals surface area contributed by atoms with Crippen molar-refractivity contribution in [1.82, 2.24) is 24.6 Å². The zero-order valence-electron chi connectivity index (χ0n) is 17.3. The number of aromatic nitrogens is 4. The van der Waals surface area contributed by atoms with Crippen molar-refractivity contribution in [2.45, 2.75) is 20.0 Å². The Morgan fingerprint density at radius 3 is 2.72 bits per heavy atom. The first-order chi connectivity index (χ1) is 15.4. The fourth-order valence-corrected chi connectivity index (χ4v) is 3.38. The van der Waals surface area contributed by atoms with Crippen molar-refractivity contribution in [3.63, 3.8) is 0 Å². The van der Waals surface area contributed by atoms with Gasteiger partial charge in [0.1, 0.15) is 11.7 Å². The summed E-state index contributed by atoms with van der Waals surface area (Å²) in [5.41, 5.74) is 1.81. The van der Waals surface area contributed by atoms with Crippen molar-refractivity contribution < 1.29 is 9.72 Å². The molecular weight excluding hydrogens is 412 g/mol. The Morgan fingerprint density at radius 2 is 1.97 bits per heavy atom. The molecule has 0 radical (unpaired) electrons. The summed E-state index contributed by atoms with van der Waals surface area (Å²) in [6, 6.07) is 13.9. The zero-order chi connectivity index (χ0) is 22.7. The van der Waals surface area contributed by atoms with Crippen molar-refractivity contribution >= 4 is 22.6 Å². The van der Waals surface area contributed by atoms with Crippen molar-refractivity contribution in [1.29, 1.82) is 0 Å². The minimum absolute atomic E-state index is 0.105. The van der Waals surface area contributed by atoms with Gasteiger partial charge in [0.05, 0.1) is 24.2 Å². The monoisotopic (exact) mass is 432 g/mol. The normalized spacial score (nSPS) is 10.9. The first kappa shape index (κ1) is 20.9. The average Bonchev–Trinajstić information content (AvgIpc) is 3.20.